The summed E-state index contributed by atoms with van der Waals surface area (Å²) >= 11 is 0. The van der Waals surface area contributed by atoms with Crippen molar-refractivity contribution < 1.29 is 18.0 Å². The number of nitrogens with one attached hydrogen (secondary N) is 2. The molecule has 35 heavy (non-hydrogen) atoms. The van der Waals surface area contributed by atoms with E-state index in [1.54, 1.807) is 55.4 Å². The van der Waals surface area contributed by atoms with E-state index in [9.17, 15) is 18.0 Å². The first kappa shape index (κ1) is 23.5. The number of aromatic nitrogens is 5. The van der Waals surface area contributed by atoms with Gasteiger partial charge in [0.05, 0.1) is 11.3 Å². The first-order chi connectivity index (χ1) is 16.8. The van der Waals surface area contributed by atoms with Crippen LogP contribution in [-0.4, -0.2) is 37.9 Å². The number of nitrogens with zero attached hydrogens (tertiary/aromatic N) is 6. The minimum absolute atomic E-state index is 0.211. The third-order valence-electron chi connectivity index (χ3n) is 5.05. The summed E-state index contributed by atoms with van der Waals surface area (Å²) in [4.78, 5) is 35.4. The molecule has 0 bridgehead atoms. The molecule has 0 saturated carbocycles. The van der Waals surface area contributed by atoms with Gasteiger partial charge in [-0.05, 0) is 42.8 Å². The molecule has 1 amide bonds. The summed E-state index contributed by atoms with van der Waals surface area (Å²) in [5.74, 6) is 0.703. The molecule has 0 aliphatic rings. The average molecular weight is 480 g/mol. The Morgan fingerprint density at radius 2 is 1.71 bits per heavy atom. The number of rotatable bonds is 6. The highest BCUT2D eigenvalue weighted by Gasteiger charge is 2.31. The molecule has 12 heteroatoms. The standard InChI is InChI=1S/C23H19F3N8O/c1-14-16(22(35)33-19-10-15(6-9-29-19)23(24,25)26)4-3-5-17(14)34(20-7-8-28-12-31-20)21-11-18(27-2)30-13-32-21/h3-13H,1-2H3,(H,27,30,32)(H,29,33,35). The van der Waals surface area contributed by atoms with Gasteiger partial charge in [0.1, 0.15) is 35.9 Å². The van der Waals surface area contributed by atoms with E-state index in [1.807, 2.05) is 0 Å². The smallest absolute Gasteiger partial charge is 0.373 e. The second kappa shape index (κ2) is 9.71. The van der Waals surface area contributed by atoms with Gasteiger partial charge in [-0.1, -0.05) is 6.07 Å². The van der Waals surface area contributed by atoms with Gasteiger partial charge in [0.25, 0.3) is 5.91 Å². The van der Waals surface area contributed by atoms with Gasteiger partial charge in [-0.2, -0.15) is 13.2 Å². The van der Waals surface area contributed by atoms with Crippen molar-refractivity contribution >= 4 is 34.9 Å². The quantitative estimate of drug-likeness (QED) is 0.407. The van der Waals surface area contributed by atoms with E-state index in [4.69, 9.17) is 0 Å². The molecule has 0 unspecified atom stereocenters. The third kappa shape index (κ3) is 5.16. The summed E-state index contributed by atoms with van der Waals surface area (Å²) < 4.78 is 39.1. The Morgan fingerprint density at radius 1 is 0.914 bits per heavy atom. The molecule has 0 aliphatic heterocycles. The molecule has 0 saturated heterocycles. The molecular weight excluding hydrogens is 461 g/mol. The normalized spacial score (nSPS) is 11.1. The molecule has 1 aromatic carbocycles. The first-order valence-electron chi connectivity index (χ1n) is 10.3. The van der Waals surface area contributed by atoms with Crippen LogP contribution in [0.25, 0.3) is 0 Å². The highest BCUT2D eigenvalue weighted by atomic mass is 19.4. The van der Waals surface area contributed by atoms with Crippen molar-refractivity contribution in [2.24, 2.45) is 0 Å². The SMILES string of the molecule is CNc1cc(N(c2ccncn2)c2cccc(C(=O)Nc3cc(C(F)(F)F)ccn3)c2C)ncn1. The van der Waals surface area contributed by atoms with Crippen LogP contribution < -0.4 is 15.5 Å². The molecule has 0 fully saturated rings. The molecular formula is C23H19F3N8O. The molecule has 2 N–H and O–H groups in total. The zero-order chi connectivity index (χ0) is 25.0. The largest absolute Gasteiger partial charge is 0.416 e. The lowest BCUT2D eigenvalue weighted by Crippen LogP contribution is -2.19. The molecule has 0 atom stereocenters. The van der Waals surface area contributed by atoms with Crippen molar-refractivity contribution in [2.75, 3.05) is 22.6 Å². The monoisotopic (exact) mass is 480 g/mol. The molecule has 178 valence electrons. The van der Waals surface area contributed by atoms with E-state index in [-0.39, 0.29) is 11.4 Å². The Kier molecular flexibility index (Phi) is 6.53. The number of halogens is 3. The molecule has 4 rings (SSSR count). The Morgan fingerprint density at radius 3 is 2.43 bits per heavy atom. The van der Waals surface area contributed by atoms with Crippen LogP contribution in [0.3, 0.4) is 0 Å². The second-order valence-corrected chi connectivity index (χ2v) is 7.25. The maximum absolute atomic E-state index is 13.0. The topological polar surface area (TPSA) is 109 Å². The van der Waals surface area contributed by atoms with E-state index in [0.29, 0.717) is 28.7 Å². The Labute approximate surface area is 198 Å². The number of alkyl halides is 3. The van der Waals surface area contributed by atoms with Crippen LogP contribution in [0.4, 0.5) is 42.1 Å². The summed E-state index contributed by atoms with van der Waals surface area (Å²) in [6.07, 6.45) is 0.780. The lowest BCUT2D eigenvalue weighted by Gasteiger charge is -2.25. The number of hydrogen-bond donors (Lipinski definition) is 2. The van der Waals surface area contributed by atoms with Crippen LogP contribution >= 0.6 is 0 Å². The molecule has 4 aromatic rings. The number of carbonyl (C=O) groups is 1. The molecule has 0 aliphatic carbocycles. The second-order valence-electron chi connectivity index (χ2n) is 7.25. The number of hydrogen-bond acceptors (Lipinski definition) is 8. The lowest BCUT2D eigenvalue weighted by atomic mass is 10.0. The number of pyridine rings is 1. The number of benzene rings is 1. The van der Waals surface area contributed by atoms with Crippen LogP contribution in [-0.2, 0) is 6.18 Å². The van der Waals surface area contributed by atoms with Crippen LogP contribution in [0.2, 0.25) is 0 Å². The summed E-state index contributed by atoms with van der Waals surface area (Å²) in [7, 11) is 1.72. The van der Waals surface area contributed by atoms with Gasteiger partial charge in [0.2, 0.25) is 0 Å². The van der Waals surface area contributed by atoms with E-state index in [1.165, 1.54) is 12.7 Å². The Balaban J connectivity index is 1.74. The molecule has 3 heterocycles. The molecule has 9 nitrogen and oxygen atoms in total. The highest BCUT2D eigenvalue weighted by molar-refractivity contribution is 6.06. The van der Waals surface area contributed by atoms with Gasteiger partial charge in [0.15, 0.2) is 0 Å². The highest BCUT2D eigenvalue weighted by Crippen LogP contribution is 2.36. The van der Waals surface area contributed by atoms with E-state index < -0.39 is 17.6 Å². The van der Waals surface area contributed by atoms with Crippen molar-refractivity contribution in [3.05, 3.63) is 84.2 Å². The fraction of sp³-hybridized carbons (Fsp3) is 0.130. The van der Waals surface area contributed by atoms with Crippen molar-refractivity contribution in [1.29, 1.82) is 0 Å². The zero-order valence-corrected chi connectivity index (χ0v) is 18.6. The minimum atomic E-state index is -4.56. The van der Waals surface area contributed by atoms with Gasteiger partial charge < -0.3 is 10.6 Å². The van der Waals surface area contributed by atoms with E-state index in [0.717, 1.165) is 18.3 Å². The first-order valence-corrected chi connectivity index (χ1v) is 10.3. The summed E-state index contributed by atoms with van der Waals surface area (Å²) in [5.41, 5.74) is 0.449. The fourth-order valence-electron chi connectivity index (χ4n) is 3.36. The maximum Gasteiger partial charge on any atom is 0.416 e. The van der Waals surface area contributed by atoms with Crippen LogP contribution in [0.15, 0.2) is 67.5 Å². The van der Waals surface area contributed by atoms with Crippen molar-refractivity contribution in [2.45, 2.75) is 13.1 Å². The summed E-state index contributed by atoms with van der Waals surface area (Å²) in [6, 6.07) is 10.0. The van der Waals surface area contributed by atoms with E-state index >= 15 is 0 Å². The van der Waals surface area contributed by atoms with Gasteiger partial charge in [0, 0.05) is 31.1 Å². The van der Waals surface area contributed by atoms with Crippen LogP contribution in [0.5, 0.6) is 0 Å². The minimum Gasteiger partial charge on any atom is -0.373 e. The number of anilines is 5. The predicted molar refractivity (Wildman–Crippen MR) is 124 cm³/mol. The van der Waals surface area contributed by atoms with Gasteiger partial charge in [-0.3, -0.25) is 9.69 Å². The Hall–Kier alpha value is -4.61. The summed E-state index contributed by atoms with van der Waals surface area (Å²) in [5, 5.41) is 5.40. The Bertz CT molecular complexity index is 1350. The molecule has 0 radical (unpaired) electrons. The lowest BCUT2D eigenvalue weighted by molar-refractivity contribution is -0.137. The summed E-state index contributed by atoms with van der Waals surface area (Å²) in [6.45, 7) is 1.72. The van der Waals surface area contributed by atoms with Gasteiger partial charge >= 0.3 is 6.18 Å². The number of amides is 1. The average Bonchev–Trinajstić information content (AvgIpc) is 2.85. The fourth-order valence-corrected chi connectivity index (χ4v) is 3.36. The van der Waals surface area contributed by atoms with Gasteiger partial charge in [-0.25, -0.2) is 24.9 Å². The third-order valence-corrected chi connectivity index (χ3v) is 5.05. The van der Waals surface area contributed by atoms with Crippen LogP contribution in [0, 0.1) is 6.92 Å². The zero-order valence-electron chi connectivity index (χ0n) is 18.6. The maximum atomic E-state index is 13.0. The number of carbonyl (C=O) groups excluding carboxylic acids is 1. The predicted octanol–water partition coefficient (Wildman–Crippen LogP) is 4.75. The molecule has 0 spiro atoms. The van der Waals surface area contributed by atoms with Crippen molar-refractivity contribution in [3.8, 4) is 0 Å². The van der Waals surface area contributed by atoms with Crippen LogP contribution in [0.1, 0.15) is 21.5 Å². The van der Waals surface area contributed by atoms with Crippen molar-refractivity contribution in [1.82, 2.24) is 24.9 Å². The van der Waals surface area contributed by atoms with E-state index in [2.05, 4.69) is 35.6 Å². The molecule has 3 aromatic heterocycles. The van der Waals surface area contributed by atoms with Crippen molar-refractivity contribution in [3.63, 3.8) is 0 Å². The van der Waals surface area contributed by atoms with Gasteiger partial charge in [-0.15, -0.1) is 0 Å².